The molecule has 0 N–H and O–H groups in total. The van der Waals surface area contributed by atoms with Gasteiger partial charge in [0.15, 0.2) is 0 Å². The molecule has 0 atom stereocenters. The van der Waals surface area contributed by atoms with Crippen LogP contribution < -0.4 is 0 Å². The SMILES string of the molecule is O=[N+]([O-])c1cc(S(=O)(=O)C(F)(F)F)cc(S(=O)(=O)C(F)(F)F)c1. The van der Waals surface area contributed by atoms with Crippen LogP contribution in [0.15, 0.2) is 28.0 Å². The molecule has 0 saturated heterocycles. The van der Waals surface area contributed by atoms with Crippen LogP contribution in [0.1, 0.15) is 0 Å². The van der Waals surface area contributed by atoms with Crippen molar-refractivity contribution >= 4 is 25.4 Å². The van der Waals surface area contributed by atoms with E-state index in [1.165, 1.54) is 0 Å². The minimum absolute atomic E-state index is 0.196. The number of non-ortho nitro benzene ring substituents is 1. The zero-order chi connectivity index (χ0) is 18.4. The smallest absolute Gasteiger partial charge is 0.258 e. The fraction of sp³-hybridized carbons (Fsp3) is 0.250. The first kappa shape index (κ1) is 19.1. The van der Waals surface area contributed by atoms with E-state index in [-0.39, 0.29) is 12.1 Å². The summed E-state index contributed by atoms with van der Waals surface area (Å²) in [5.74, 6) is 0. The molecule has 0 unspecified atom stereocenters. The lowest BCUT2D eigenvalue weighted by molar-refractivity contribution is -0.385. The first-order valence-corrected chi connectivity index (χ1v) is 7.90. The van der Waals surface area contributed by atoms with Crippen molar-refractivity contribution in [2.75, 3.05) is 0 Å². The van der Waals surface area contributed by atoms with Gasteiger partial charge < -0.3 is 0 Å². The first-order valence-electron chi connectivity index (χ1n) is 4.94. The minimum atomic E-state index is -6.30. The second kappa shape index (κ2) is 5.33. The highest BCUT2D eigenvalue weighted by Crippen LogP contribution is 2.37. The van der Waals surface area contributed by atoms with Crippen molar-refractivity contribution in [2.24, 2.45) is 0 Å². The summed E-state index contributed by atoms with van der Waals surface area (Å²) in [5, 5.41) is 10.5. The average Bonchev–Trinajstić information content (AvgIpc) is 2.35. The average molecular weight is 387 g/mol. The van der Waals surface area contributed by atoms with Gasteiger partial charge >= 0.3 is 11.0 Å². The predicted octanol–water partition coefficient (Wildman–Crippen LogP) is 2.18. The van der Waals surface area contributed by atoms with Gasteiger partial charge in [-0.05, 0) is 6.07 Å². The quantitative estimate of drug-likeness (QED) is 0.447. The molecule has 0 heterocycles. The molecule has 0 aromatic heterocycles. The molecule has 1 rings (SSSR count). The van der Waals surface area contributed by atoms with Gasteiger partial charge in [-0.25, -0.2) is 16.8 Å². The number of nitro benzene ring substituents is 1. The number of rotatable bonds is 3. The van der Waals surface area contributed by atoms with Crippen molar-refractivity contribution in [2.45, 2.75) is 20.8 Å². The lowest BCUT2D eigenvalue weighted by atomic mass is 10.3. The van der Waals surface area contributed by atoms with E-state index >= 15 is 0 Å². The van der Waals surface area contributed by atoms with E-state index in [4.69, 9.17) is 0 Å². The summed E-state index contributed by atoms with van der Waals surface area (Å²) in [5.41, 5.74) is -13.6. The number of sulfone groups is 2. The van der Waals surface area contributed by atoms with Crippen molar-refractivity contribution in [3.8, 4) is 0 Å². The van der Waals surface area contributed by atoms with Gasteiger partial charge in [-0.2, -0.15) is 26.3 Å². The molecular formula is C8H3F6NO6S2. The maximum atomic E-state index is 12.4. The standard InChI is InChI=1S/C8H3F6NO6S2/c9-7(10,11)22(18,19)5-1-4(15(16)17)2-6(3-5)23(20,21)8(12,13)14/h1-3H. The summed E-state index contributed by atoms with van der Waals surface area (Å²) in [6.45, 7) is 0. The van der Waals surface area contributed by atoms with Crippen molar-refractivity contribution < 1.29 is 48.1 Å². The molecule has 0 aliphatic carbocycles. The Kier molecular flexibility index (Phi) is 4.44. The van der Waals surface area contributed by atoms with Gasteiger partial charge in [0.25, 0.3) is 25.4 Å². The van der Waals surface area contributed by atoms with Crippen LogP contribution in [0.2, 0.25) is 0 Å². The molecule has 1 aromatic carbocycles. The van der Waals surface area contributed by atoms with E-state index in [1.807, 2.05) is 0 Å². The van der Waals surface area contributed by atoms with Crippen LogP contribution in [0.3, 0.4) is 0 Å². The number of nitrogens with zero attached hydrogens (tertiary/aromatic N) is 1. The van der Waals surface area contributed by atoms with Gasteiger partial charge in [0.1, 0.15) is 0 Å². The molecule has 7 nitrogen and oxygen atoms in total. The Morgan fingerprint density at radius 1 is 0.783 bits per heavy atom. The molecule has 0 aliphatic heterocycles. The second-order valence-corrected chi connectivity index (χ2v) is 7.70. The van der Waals surface area contributed by atoms with E-state index in [9.17, 15) is 53.3 Å². The van der Waals surface area contributed by atoms with E-state index in [0.29, 0.717) is 0 Å². The predicted molar refractivity (Wildman–Crippen MR) is 59.6 cm³/mol. The minimum Gasteiger partial charge on any atom is -0.258 e. The molecule has 1 aromatic rings. The molecule has 0 fully saturated rings. The van der Waals surface area contributed by atoms with E-state index in [0.717, 1.165) is 0 Å². The summed E-state index contributed by atoms with van der Waals surface area (Å²) in [7, 11) is -12.6. The third-order valence-electron chi connectivity index (χ3n) is 2.31. The van der Waals surface area contributed by atoms with Crippen LogP contribution in [0, 0.1) is 10.1 Å². The molecule has 0 aliphatic rings. The highest BCUT2D eigenvalue weighted by atomic mass is 32.2. The number of hydrogen-bond acceptors (Lipinski definition) is 6. The molecule has 0 saturated carbocycles. The second-order valence-electron chi connectivity index (χ2n) is 3.82. The van der Waals surface area contributed by atoms with Crippen molar-refractivity contribution in [3.63, 3.8) is 0 Å². The Balaban J connectivity index is 3.84. The van der Waals surface area contributed by atoms with Gasteiger partial charge in [-0.3, -0.25) is 10.1 Å². The summed E-state index contributed by atoms with van der Waals surface area (Å²) in [6, 6.07) is -0.838. The van der Waals surface area contributed by atoms with Crippen LogP contribution in [-0.4, -0.2) is 32.8 Å². The van der Waals surface area contributed by atoms with Crippen molar-refractivity contribution in [1.82, 2.24) is 0 Å². The molecular weight excluding hydrogens is 384 g/mol. The number of halogens is 6. The van der Waals surface area contributed by atoms with Crippen LogP contribution in [0.25, 0.3) is 0 Å². The van der Waals surface area contributed by atoms with E-state index < -0.39 is 57.2 Å². The lowest BCUT2D eigenvalue weighted by Crippen LogP contribution is -2.26. The molecule has 0 bridgehead atoms. The molecule has 23 heavy (non-hydrogen) atoms. The molecule has 0 radical (unpaired) electrons. The summed E-state index contributed by atoms with van der Waals surface area (Å²) in [6.07, 6.45) is 0. The first-order chi connectivity index (χ1) is 10.0. The summed E-state index contributed by atoms with van der Waals surface area (Å²) in [4.78, 5) is 4.98. The zero-order valence-electron chi connectivity index (χ0n) is 10.2. The van der Waals surface area contributed by atoms with Crippen LogP contribution in [-0.2, 0) is 19.7 Å². The Labute approximate surface area is 123 Å². The Bertz CT molecular complexity index is 792. The zero-order valence-corrected chi connectivity index (χ0v) is 11.8. The fourth-order valence-electron chi connectivity index (χ4n) is 1.24. The fourth-order valence-corrected chi connectivity index (χ4v) is 2.96. The van der Waals surface area contributed by atoms with E-state index in [2.05, 4.69) is 0 Å². The number of alkyl halides is 6. The number of hydrogen-bond donors (Lipinski definition) is 0. The van der Waals surface area contributed by atoms with Crippen molar-refractivity contribution in [3.05, 3.63) is 28.3 Å². The number of benzene rings is 1. The van der Waals surface area contributed by atoms with Gasteiger partial charge in [-0.15, -0.1) is 0 Å². The van der Waals surface area contributed by atoms with Gasteiger partial charge in [-0.1, -0.05) is 0 Å². The molecule has 0 spiro atoms. The third kappa shape index (κ3) is 3.39. The van der Waals surface area contributed by atoms with Crippen LogP contribution >= 0.6 is 0 Å². The highest BCUT2D eigenvalue weighted by Gasteiger charge is 2.50. The molecule has 15 heteroatoms. The third-order valence-corrected chi connectivity index (χ3v) is 5.24. The maximum absolute atomic E-state index is 12.4. The number of nitro groups is 1. The normalized spacial score (nSPS) is 13.8. The molecule has 130 valence electrons. The Morgan fingerprint density at radius 3 is 1.30 bits per heavy atom. The van der Waals surface area contributed by atoms with Gasteiger partial charge in [0.05, 0.1) is 14.7 Å². The molecule has 0 amide bonds. The van der Waals surface area contributed by atoms with Gasteiger partial charge in [0, 0.05) is 12.1 Å². The van der Waals surface area contributed by atoms with Gasteiger partial charge in [0.2, 0.25) is 0 Å². The van der Waals surface area contributed by atoms with E-state index in [1.54, 1.807) is 0 Å². The van der Waals surface area contributed by atoms with Crippen LogP contribution in [0.5, 0.6) is 0 Å². The largest absolute Gasteiger partial charge is 0.501 e. The summed E-state index contributed by atoms with van der Waals surface area (Å²) >= 11 is 0. The maximum Gasteiger partial charge on any atom is 0.501 e. The van der Waals surface area contributed by atoms with Crippen LogP contribution in [0.4, 0.5) is 32.0 Å². The lowest BCUT2D eigenvalue weighted by Gasteiger charge is -2.11. The Morgan fingerprint density at radius 2 is 1.09 bits per heavy atom. The monoisotopic (exact) mass is 387 g/mol. The Hall–Kier alpha value is -1.90. The summed E-state index contributed by atoms with van der Waals surface area (Å²) < 4.78 is 119. The van der Waals surface area contributed by atoms with Crippen molar-refractivity contribution in [1.29, 1.82) is 0 Å². The topological polar surface area (TPSA) is 111 Å². The highest BCUT2D eigenvalue weighted by molar-refractivity contribution is 7.93.